The number of rotatable bonds is 4. The number of thioether (sulfide) groups is 1. The van der Waals surface area contributed by atoms with Crippen molar-refractivity contribution in [2.24, 2.45) is 0 Å². The Bertz CT molecular complexity index is 521. The second kappa shape index (κ2) is 5.25. The van der Waals surface area contributed by atoms with Crippen molar-refractivity contribution in [3.63, 3.8) is 0 Å². The van der Waals surface area contributed by atoms with Gasteiger partial charge in [-0.2, -0.15) is 0 Å². The van der Waals surface area contributed by atoms with Gasteiger partial charge in [0.1, 0.15) is 20.8 Å². The molecule has 2 heterocycles. The molecule has 0 bridgehead atoms. The van der Waals surface area contributed by atoms with E-state index in [0.29, 0.717) is 6.41 Å². The van der Waals surface area contributed by atoms with Crippen molar-refractivity contribution in [1.82, 2.24) is 10.2 Å². The summed E-state index contributed by atoms with van der Waals surface area (Å²) in [5, 5.41) is 10.3. The van der Waals surface area contributed by atoms with Crippen LogP contribution in [0, 0.1) is 0 Å². The number of nitrogens with one attached hydrogen (secondary N) is 1. The minimum Gasteiger partial charge on any atom is -0.477 e. The smallest absolute Gasteiger partial charge is 0.353 e. The van der Waals surface area contributed by atoms with Crippen LogP contribution in [0.15, 0.2) is 11.3 Å². The van der Waals surface area contributed by atoms with Crippen molar-refractivity contribution >= 4 is 67.0 Å². The molecular formula is C9H6Br2N2O5S. The molecule has 0 aromatic heterocycles. The summed E-state index contributed by atoms with van der Waals surface area (Å²) in [6, 6.07) is -0.869. The summed E-state index contributed by atoms with van der Waals surface area (Å²) < 4.78 is -0.669. The quantitative estimate of drug-likeness (QED) is 0.382. The molecule has 2 amide bonds. The number of carboxylic acids is 1. The van der Waals surface area contributed by atoms with Gasteiger partial charge in [0.25, 0.3) is 5.91 Å². The molecule has 19 heavy (non-hydrogen) atoms. The molecule has 0 spiro atoms. The van der Waals surface area contributed by atoms with E-state index in [1.165, 1.54) is 0 Å². The zero-order valence-electron chi connectivity index (χ0n) is 9.00. The third kappa shape index (κ3) is 2.21. The van der Waals surface area contributed by atoms with Gasteiger partial charge in [-0.1, -0.05) is 43.6 Å². The minimum absolute atomic E-state index is 0.0355. The zero-order valence-corrected chi connectivity index (χ0v) is 13.0. The number of amides is 2. The van der Waals surface area contributed by atoms with E-state index in [0.717, 1.165) is 16.7 Å². The summed E-state index contributed by atoms with van der Waals surface area (Å²) in [6.07, 6.45) is 0.350. The molecule has 1 fully saturated rings. The summed E-state index contributed by atoms with van der Waals surface area (Å²) in [5.41, 5.74) is -0.395. The summed E-state index contributed by atoms with van der Waals surface area (Å²) in [4.78, 5) is 46.4. The number of alkyl halides is 2. The Morgan fingerprint density at radius 1 is 1.47 bits per heavy atom. The molecular weight excluding hydrogens is 408 g/mol. The van der Waals surface area contributed by atoms with Gasteiger partial charge in [0.05, 0.1) is 5.57 Å². The van der Waals surface area contributed by atoms with Crippen molar-refractivity contribution in [2.75, 3.05) is 0 Å². The molecule has 0 unspecified atom stereocenters. The summed E-state index contributed by atoms with van der Waals surface area (Å²) in [5.74, 6) is -1.91. The highest BCUT2D eigenvalue weighted by Gasteiger charge is 2.56. The van der Waals surface area contributed by atoms with E-state index in [1.54, 1.807) is 0 Å². The van der Waals surface area contributed by atoms with Crippen molar-refractivity contribution in [3.05, 3.63) is 11.3 Å². The second-order valence-corrected chi connectivity index (χ2v) is 7.78. The summed E-state index contributed by atoms with van der Waals surface area (Å²) in [7, 11) is 0. The topological polar surface area (TPSA) is 104 Å². The van der Waals surface area contributed by atoms with Gasteiger partial charge in [-0.15, -0.1) is 0 Å². The largest absolute Gasteiger partial charge is 0.477 e. The van der Waals surface area contributed by atoms with Crippen LogP contribution in [0.1, 0.15) is 0 Å². The number of hydrogen-bond acceptors (Lipinski definition) is 5. The van der Waals surface area contributed by atoms with Crippen LogP contribution in [-0.4, -0.2) is 48.6 Å². The molecule has 0 radical (unpaired) electrons. The predicted octanol–water partition coefficient (Wildman–Crippen LogP) is -0.00270. The lowest BCUT2D eigenvalue weighted by molar-refractivity contribution is -0.150. The molecule has 2 aliphatic heterocycles. The number of hydrogen-bond donors (Lipinski definition) is 2. The Labute approximate surface area is 128 Å². The van der Waals surface area contributed by atoms with Gasteiger partial charge in [0.2, 0.25) is 11.5 Å². The van der Waals surface area contributed by atoms with Crippen LogP contribution in [0.5, 0.6) is 0 Å². The SMILES string of the molecule is O=CN[C@@H]1C(=O)N2C(C(=O)O)=C(C(Br)Br)C(=O)S[C@H]12. The number of fused-ring (bicyclic) bond motifs is 1. The van der Waals surface area contributed by atoms with Gasteiger partial charge >= 0.3 is 5.97 Å². The molecule has 0 aliphatic carbocycles. The fourth-order valence-electron chi connectivity index (χ4n) is 1.86. The van der Waals surface area contributed by atoms with Crippen LogP contribution in [-0.2, 0) is 19.2 Å². The zero-order chi connectivity index (χ0) is 14.3. The molecule has 2 aliphatic rings. The Hall–Kier alpha value is -0.870. The summed E-state index contributed by atoms with van der Waals surface area (Å²) in [6.45, 7) is 0. The Balaban J connectivity index is 2.45. The third-order valence-electron chi connectivity index (χ3n) is 2.66. The molecule has 0 aromatic rings. The normalized spacial score (nSPS) is 26.2. The van der Waals surface area contributed by atoms with Crippen LogP contribution in [0.2, 0.25) is 0 Å². The molecule has 0 aromatic carbocycles. The number of carbonyl (C=O) groups is 4. The Morgan fingerprint density at radius 3 is 2.58 bits per heavy atom. The van der Waals surface area contributed by atoms with Gasteiger partial charge < -0.3 is 10.4 Å². The Kier molecular flexibility index (Phi) is 4.02. The first-order valence-electron chi connectivity index (χ1n) is 4.89. The van der Waals surface area contributed by atoms with Crippen molar-refractivity contribution in [1.29, 1.82) is 0 Å². The maximum absolute atomic E-state index is 11.9. The lowest BCUT2D eigenvalue weighted by atomic mass is 10.0. The predicted molar refractivity (Wildman–Crippen MR) is 72.5 cm³/mol. The highest BCUT2D eigenvalue weighted by molar-refractivity contribution is 9.24. The van der Waals surface area contributed by atoms with E-state index in [9.17, 15) is 24.3 Å². The first-order valence-corrected chi connectivity index (χ1v) is 7.60. The minimum atomic E-state index is -1.37. The average Bonchev–Trinajstić information content (AvgIpc) is 2.33. The fraction of sp³-hybridized carbons (Fsp3) is 0.333. The van der Waals surface area contributed by atoms with E-state index in [-0.39, 0.29) is 11.3 Å². The third-order valence-corrected chi connectivity index (χ3v) is 4.73. The number of nitrogens with zero attached hydrogens (tertiary/aromatic N) is 1. The van der Waals surface area contributed by atoms with E-state index >= 15 is 0 Å². The highest BCUT2D eigenvalue weighted by atomic mass is 79.9. The van der Waals surface area contributed by atoms with E-state index in [2.05, 4.69) is 37.2 Å². The van der Waals surface area contributed by atoms with Crippen LogP contribution < -0.4 is 5.32 Å². The van der Waals surface area contributed by atoms with Crippen molar-refractivity contribution < 1.29 is 24.3 Å². The van der Waals surface area contributed by atoms with Gasteiger partial charge in [-0.3, -0.25) is 19.3 Å². The van der Waals surface area contributed by atoms with Gasteiger partial charge in [-0.05, 0) is 0 Å². The van der Waals surface area contributed by atoms with Gasteiger partial charge in [-0.25, -0.2) is 4.79 Å². The van der Waals surface area contributed by atoms with Gasteiger partial charge in [0.15, 0.2) is 0 Å². The summed E-state index contributed by atoms with van der Waals surface area (Å²) >= 11 is 6.96. The van der Waals surface area contributed by atoms with Crippen molar-refractivity contribution in [3.8, 4) is 0 Å². The number of halogens is 2. The standard InChI is InChI=1S/C9H6Br2N2O5S/c10-5(11)2-4(8(16)17)13-6(15)3(12-1-14)7(13)19-9(2)18/h1,3,5,7H,(H,12,14)(H,16,17)/t3-,7-/m1/s1. The van der Waals surface area contributed by atoms with E-state index in [4.69, 9.17) is 0 Å². The lowest BCUT2D eigenvalue weighted by Crippen LogP contribution is -2.70. The van der Waals surface area contributed by atoms with Gasteiger partial charge in [0, 0.05) is 0 Å². The number of carboxylic acid groups (broad SMARTS) is 1. The van der Waals surface area contributed by atoms with Crippen LogP contribution in [0.25, 0.3) is 0 Å². The number of β-lactam (4-membered cyclic amide) rings is 1. The molecule has 2 N–H and O–H groups in total. The van der Waals surface area contributed by atoms with Crippen molar-refractivity contribution in [2.45, 2.75) is 15.2 Å². The highest BCUT2D eigenvalue weighted by Crippen LogP contribution is 2.43. The molecule has 2 rings (SSSR count). The van der Waals surface area contributed by atoms with E-state index in [1.807, 2.05) is 0 Å². The second-order valence-electron chi connectivity index (χ2n) is 3.63. The number of carbonyl (C=O) groups excluding carboxylic acids is 3. The van der Waals surface area contributed by atoms with Crippen LogP contribution in [0.4, 0.5) is 0 Å². The first kappa shape index (κ1) is 14.5. The van der Waals surface area contributed by atoms with Crippen LogP contribution >= 0.6 is 43.6 Å². The molecule has 10 heteroatoms. The fourth-order valence-corrected chi connectivity index (χ4v) is 4.22. The Morgan fingerprint density at radius 2 is 2.11 bits per heavy atom. The maximum Gasteiger partial charge on any atom is 0.353 e. The van der Waals surface area contributed by atoms with Crippen LogP contribution in [0.3, 0.4) is 0 Å². The molecule has 1 saturated heterocycles. The monoisotopic (exact) mass is 412 g/mol. The number of aliphatic carboxylic acids is 1. The molecule has 102 valence electrons. The van der Waals surface area contributed by atoms with E-state index < -0.39 is 32.1 Å². The average molecular weight is 414 g/mol. The molecule has 7 nitrogen and oxygen atoms in total. The molecule has 0 saturated carbocycles. The first-order chi connectivity index (χ1) is 8.90. The molecule has 2 atom stereocenters. The lowest BCUT2D eigenvalue weighted by Gasteiger charge is -2.48. The maximum atomic E-state index is 11.9.